The maximum absolute atomic E-state index is 11.9. The molecule has 45 heavy (non-hydrogen) atoms. The van der Waals surface area contributed by atoms with E-state index < -0.39 is 5.97 Å². The van der Waals surface area contributed by atoms with Crippen LogP contribution in [0.3, 0.4) is 0 Å². The minimum atomic E-state index is -0.744. The van der Waals surface area contributed by atoms with Gasteiger partial charge in [0.2, 0.25) is 11.7 Å². The number of carboxylic acids is 1. The Morgan fingerprint density at radius 2 is 1.27 bits per heavy atom. The summed E-state index contributed by atoms with van der Waals surface area (Å²) in [5, 5.41) is 26.0. The van der Waals surface area contributed by atoms with Crippen LogP contribution in [0.2, 0.25) is 0 Å². The Bertz CT molecular complexity index is 1200. The Labute approximate surface area is 268 Å². The van der Waals surface area contributed by atoms with E-state index in [1.165, 1.54) is 64.2 Å². The Kier molecular flexibility index (Phi) is 17.4. The van der Waals surface area contributed by atoms with Crippen molar-refractivity contribution in [2.24, 2.45) is 5.92 Å². The third-order valence-electron chi connectivity index (χ3n) is 8.30. The number of aliphatic carboxylic acids is 1. The van der Waals surface area contributed by atoms with Crippen LogP contribution in [0, 0.1) is 5.92 Å². The fourth-order valence-corrected chi connectivity index (χ4v) is 5.38. The maximum Gasteiger partial charge on any atom is 0.306 e. The van der Waals surface area contributed by atoms with Crippen molar-refractivity contribution in [2.75, 3.05) is 13.2 Å². The van der Waals surface area contributed by atoms with Crippen molar-refractivity contribution < 1.29 is 19.4 Å². The Morgan fingerprint density at radius 1 is 0.733 bits per heavy atom. The number of amides is 1. The third kappa shape index (κ3) is 15.2. The fraction of sp³-hybridized carbons (Fsp3) is 0.583. The first kappa shape index (κ1) is 35.7. The minimum absolute atomic E-state index is 0.126. The number of nitrogens with zero attached hydrogens (tertiary/aromatic N) is 3. The molecular formula is C36H53N5O4. The quantitative estimate of drug-likeness (QED) is 0.0812. The molecule has 9 nitrogen and oxygen atoms in total. The van der Waals surface area contributed by atoms with Crippen molar-refractivity contribution in [3.63, 3.8) is 0 Å². The van der Waals surface area contributed by atoms with Gasteiger partial charge in [0.05, 0.1) is 12.5 Å². The highest BCUT2D eigenvalue weighted by Gasteiger charge is 2.10. The van der Waals surface area contributed by atoms with Crippen LogP contribution < -0.4 is 10.1 Å². The van der Waals surface area contributed by atoms with E-state index in [0.717, 1.165) is 61.2 Å². The summed E-state index contributed by atoms with van der Waals surface area (Å²) >= 11 is 0. The van der Waals surface area contributed by atoms with Crippen molar-refractivity contribution in [3.05, 3.63) is 48.5 Å². The monoisotopic (exact) mass is 619 g/mol. The molecule has 0 saturated heterocycles. The van der Waals surface area contributed by atoms with Gasteiger partial charge in [0.25, 0.3) is 0 Å². The zero-order valence-electron chi connectivity index (χ0n) is 27.1. The lowest BCUT2D eigenvalue weighted by Crippen LogP contribution is -2.24. The summed E-state index contributed by atoms with van der Waals surface area (Å²) in [5.74, 6) is 0.590. The SMILES string of the molecule is C[C@@H](CCCCNC(=O)CCCCCCCCCCCCCCCOc1ccc(-c2ccc(-c3nn[nH]n3)cc2)cc1)C(=O)O. The van der Waals surface area contributed by atoms with Crippen molar-refractivity contribution in [1.82, 2.24) is 25.9 Å². The van der Waals surface area contributed by atoms with E-state index in [1.54, 1.807) is 6.92 Å². The van der Waals surface area contributed by atoms with Gasteiger partial charge in [0, 0.05) is 18.5 Å². The van der Waals surface area contributed by atoms with Gasteiger partial charge in [-0.25, -0.2) is 0 Å². The second kappa shape index (κ2) is 21.9. The molecule has 0 spiro atoms. The second-order valence-corrected chi connectivity index (χ2v) is 12.1. The number of nitrogens with one attached hydrogen (secondary N) is 2. The molecule has 246 valence electrons. The Hall–Kier alpha value is -3.75. The summed E-state index contributed by atoms with van der Waals surface area (Å²) in [5.41, 5.74) is 3.22. The van der Waals surface area contributed by atoms with Crippen LogP contribution in [0.4, 0.5) is 0 Å². The van der Waals surface area contributed by atoms with Crippen LogP contribution in [0.5, 0.6) is 5.75 Å². The van der Waals surface area contributed by atoms with E-state index in [2.05, 4.69) is 50.2 Å². The predicted octanol–water partition coefficient (Wildman–Crippen LogP) is 8.38. The topological polar surface area (TPSA) is 130 Å². The first-order chi connectivity index (χ1) is 22.0. The smallest absolute Gasteiger partial charge is 0.306 e. The standard InChI is InChI=1S/C36H53N5O4/c1-29(36(43)44)17-14-15-27-37-34(42)18-13-11-9-7-5-3-2-4-6-8-10-12-16-28-45-33-25-23-31(24-26-33)30-19-21-32(22-20-30)35-38-40-41-39-35/h19-26,29H,2-18,27-28H2,1H3,(H,37,42)(H,43,44)(H,38,39,40,41)/t29-/m0/s1. The molecule has 1 aromatic heterocycles. The number of carbonyl (C=O) groups excluding carboxylic acids is 1. The van der Waals surface area contributed by atoms with Crippen molar-refractivity contribution in [2.45, 2.75) is 116 Å². The molecule has 1 amide bonds. The molecule has 1 atom stereocenters. The summed E-state index contributed by atoms with van der Waals surface area (Å²) in [6.07, 6.45) is 19.0. The van der Waals surface area contributed by atoms with Gasteiger partial charge in [0.1, 0.15) is 5.75 Å². The van der Waals surface area contributed by atoms with E-state index in [4.69, 9.17) is 9.84 Å². The molecule has 0 bridgehead atoms. The van der Waals surface area contributed by atoms with Gasteiger partial charge in [-0.3, -0.25) is 9.59 Å². The number of unbranched alkanes of at least 4 members (excludes halogenated alkanes) is 13. The number of carboxylic acid groups (broad SMARTS) is 1. The lowest BCUT2D eigenvalue weighted by Gasteiger charge is -2.08. The first-order valence-corrected chi connectivity index (χ1v) is 17.1. The van der Waals surface area contributed by atoms with Crippen LogP contribution in [-0.2, 0) is 9.59 Å². The van der Waals surface area contributed by atoms with E-state index in [1.807, 2.05) is 24.3 Å². The van der Waals surface area contributed by atoms with Gasteiger partial charge in [0.15, 0.2) is 0 Å². The highest BCUT2D eigenvalue weighted by atomic mass is 16.5. The number of ether oxygens (including phenoxy) is 1. The van der Waals surface area contributed by atoms with E-state index in [-0.39, 0.29) is 11.8 Å². The van der Waals surface area contributed by atoms with Gasteiger partial charge in [-0.15, -0.1) is 10.2 Å². The minimum Gasteiger partial charge on any atom is -0.494 e. The van der Waals surface area contributed by atoms with Crippen LogP contribution >= 0.6 is 0 Å². The lowest BCUT2D eigenvalue weighted by atomic mass is 10.0. The predicted molar refractivity (Wildman–Crippen MR) is 179 cm³/mol. The van der Waals surface area contributed by atoms with E-state index in [9.17, 15) is 9.59 Å². The van der Waals surface area contributed by atoms with E-state index in [0.29, 0.717) is 25.2 Å². The average Bonchev–Trinajstić information content (AvgIpc) is 3.60. The van der Waals surface area contributed by atoms with Crippen LogP contribution in [0.25, 0.3) is 22.5 Å². The van der Waals surface area contributed by atoms with Gasteiger partial charge >= 0.3 is 5.97 Å². The number of aromatic nitrogens is 4. The molecule has 3 N–H and O–H groups in total. The number of carbonyl (C=O) groups is 2. The molecule has 0 aliphatic heterocycles. The molecule has 0 aliphatic carbocycles. The van der Waals surface area contributed by atoms with Crippen LogP contribution in [0.1, 0.15) is 116 Å². The largest absolute Gasteiger partial charge is 0.494 e. The summed E-state index contributed by atoms with van der Waals surface area (Å²) in [7, 11) is 0. The molecule has 1 heterocycles. The molecule has 0 unspecified atom stereocenters. The summed E-state index contributed by atoms with van der Waals surface area (Å²) < 4.78 is 5.96. The lowest BCUT2D eigenvalue weighted by molar-refractivity contribution is -0.141. The molecule has 0 saturated carbocycles. The van der Waals surface area contributed by atoms with Gasteiger partial charge in [-0.05, 0) is 54.2 Å². The highest BCUT2D eigenvalue weighted by molar-refractivity contribution is 5.75. The normalized spacial score (nSPS) is 11.8. The number of rotatable bonds is 25. The Morgan fingerprint density at radius 3 is 1.82 bits per heavy atom. The number of benzene rings is 2. The molecule has 3 aromatic rings. The number of H-pyrrole nitrogens is 1. The highest BCUT2D eigenvalue weighted by Crippen LogP contribution is 2.25. The number of tetrazole rings is 1. The number of aromatic amines is 1. The summed E-state index contributed by atoms with van der Waals surface area (Å²) in [4.78, 5) is 22.7. The average molecular weight is 620 g/mol. The molecular weight excluding hydrogens is 566 g/mol. The van der Waals surface area contributed by atoms with Crippen molar-refractivity contribution in [1.29, 1.82) is 0 Å². The fourth-order valence-electron chi connectivity index (χ4n) is 5.38. The third-order valence-corrected chi connectivity index (χ3v) is 8.30. The molecule has 0 radical (unpaired) electrons. The van der Waals surface area contributed by atoms with Gasteiger partial charge in [-0.1, -0.05) is 120 Å². The Balaban J connectivity index is 1.06. The van der Waals surface area contributed by atoms with Crippen LogP contribution in [-0.4, -0.2) is 50.8 Å². The number of hydrogen-bond donors (Lipinski definition) is 3. The van der Waals surface area contributed by atoms with Crippen molar-refractivity contribution in [3.8, 4) is 28.3 Å². The number of hydrogen-bond acceptors (Lipinski definition) is 6. The second-order valence-electron chi connectivity index (χ2n) is 12.1. The van der Waals surface area contributed by atoms with Crippen molar-refractivity contribution >= 4 is 11.9 Å². The summed E-state index contributed by atoms with van der Waals surface area (Å²) in [6.45, 7) is 3.14. The maximum atomic E-state index is 11.9. The zero-order valence-corrected chi connectivity index (χ0v) is 27.1. The summed E-state index contributed by atoms with van der Waals surface area (Å²) in [6, 6.07) is 16.4. The molecule has 3 rings (SSSR count). The molecule has 0 aliphatic rings. The van der Waals surface area contributed by atoms with Gasteiger partial charge < -0.3 is 15.2 Å². The molecule has 2 aromatic carbocycles. The zero-order chi connectivity index (χ0) is 32.0. The first-order valence-electron chi connectivity index (χ1n) is 17.1. The molecule has 0 fully saturated rings. The van der Waals surface area contributed by atoms with Gasteiger partial charge in [-0.2, -0.15) is 5.21 Å². The van der Waals surface area contributed by atoms with E-state index >= 15 is 0 Å². The van der Waals surface area contributed by atoms with Crippen LogP contribution in [0.15, 0.2) is 48.5 Å². The molecule has 9 heteroatoms.